The van der Waals surface area contributed by atoms with Crippen molar-refractivity contribution in [2.45, 2.75) is 39.0 Å². The number of benzene rings is 1. The Hall–Kier alpha value is -0.900. The molecule has 0 spiro atoms. The lowest BCUT2D eigenvalue weighted by Crippen LogP contribution is -2.59. The van der Waals surface area contributed by atoms with Gasteiger partial charge in [0.05, 0.1) is 12.7 Å². The maximum absolute atomic E-state index is 5.66. The number of hydrogen-bond acceptors (Lipinski definition) is 3. The molecule has 0 unspecified atom stereocenters. The average Bonchev–Trinajstić information content (AvgIpc) is 2.26. The van der Waals surface area contributed by atoms with E-state index in [1.807, 2.05) is 18.2 Å². The fraction of sp³-hybridized carbons (Fsp3) is 0.600. The smallest absolute Gasteiger partial charge is 0.147 e. The van der Waals surface area contributed by atoms with Gasteiger partial charge < -0.3 is 9.47 Å². The zero-order valence-electron chi connectivity index (χ0n) is 11.6. The molecule has 1 aromatic rings. The monoisotopic (exact) mass is 249 g/mol. The first kappa shape index (κ1) is 13.5. The Morgan fingerprint density at radius 2 is 1.83 bits per heavy atom. The van der Waals surface area contributed by atoms with Crippen LogP contribution in [0.15, 0.2) is 30.3 Å². The van der Waals surface area contributed by atoms with E-state index in [9.17, 15) is 0 Å². The van der Waals surface area contributed by atoms with Gasteiger partial charge >= 0.3 is 0 Å². The van der Waals surface area contributed by atoms with E-state index in [4.69, 9.17) is 9.47 Å². The molecule has 1 aliphatic heterocycles. The van der Waals surface area contributed by atoms with E-state index in [1.165, 1.54) is 5.56 Å². The molecule has 1 aromatic carbocycles. The van der Waals surface area contributed by atoms with Crippen molar-refractivity contribution in [3.8, 4) is 0 Å². The fourth-order valence-electron chi connectivity index (χ4n) is 1.97. The van der Waals surface area contributed by atoms with Gasteiger partial charge in [-0.2, -0.15) is 0 Å². The number of likely N-dealkylation sites (tertiary alicyclic amines) is 1. The first-order chi connectivity index (χ1) is 8.55. The molecule has 0 aromatic heterocycles. The minimum absolute atomic E-state index is 0.255. The molecule has 0 atom stereocenters. The number of hydrogen-bond donors (Lipinski definition) is 0. The van der Waals surface area contributed by atoms with Crippen LogP contribution in [0.25, 0.3) is 0 Å². The lowest BCUT2D eigenvalue weighted by atomic mass is 9.99. The molecule has 0 N–H and O–H groups in total. The van der Waals surface area contributed by atoms with Gasteiger partial charge in [-0.05, 0) is 26.3 Å². The van der Waals surface area contributed by atoms with E-state index < -0.39 is 0 Å². The molecule has 0 amide bonds. The van der Waals surface area contributed by atoms with Crippen molar-refractivity contribution in [1.29, 1.82) is 0 Å². The topological polar surface area (TPSA) is 21.7 Å². The van der Waals surface area contributed by atoms with Gasteiger partial charge in [0, 0.05) is 18.6 Å². The summed E-state index contributed by atoms with van der Waals surface area (Å²) in [6, 6.07) is 10.2. The van der Waals surface area contributed by atoms with E-state index in [1.54, 1.807) is 0 Å². The van der Waals surface area contributed by atoms with Gasteiger partial charge in [-0.25, -0.2) is 0 Å². The summed E-state index contributed by atoms with van der Waals surface area (Å²) < 4.78 is 11.2. The minimum Gasteiger partial charge on any atom is -0.351 e. The van der Waals surface area contributed by atoms with Crippen LogP contribution in [0.4, 0.5) is 0 Å². The molecule has 18 heavy (non-hydrogen) atoms. The van der Waals surface area contributed by atoms with Crippen LogP contribution in [0.5, 0.6) is 0 Å². The largest absolute Gasteiger partial charge is 0.351 e. The van der Waals surface area contributed by atoms with E-state index in [0.717, 1.165) is 13.1 Å². The van der Waals surface area contributed by atoms with Gasteiger partial charge in [0.2, 0.25) is 0 Å². The zero-order chi connectivity index (χ0) is 13.0. The quantitative estimate of drug-likeness (QED) is 0.591. The maximum atomic E-state index is 5.66. The average molecular weight is 249 g/mol. The second kappa shape index (κ2) is 5.83. The third-order valence-corrected chi connectivity index (χ3v) is 3.30. The molecule has 2 rings (SSSR count). The van der Waals surface area contributed by atoms with Gasteiger partial charge in [0.1, 0.15) is 6.79 Å². The van der Waals surface area contributed by atoms with Gasteiger partial charge in [-0.15, -0.1) is 0 Å². The van der Waals surface area contributed by atoms with Crippen molar-refractivity contribution in [3.05, 3.63) is 35.9 Å². The van der Waals surface area contributed by atoms with Crippen molar-refractivity contribution in [1.82, 2.24) is 4.90 Å². The normalized spacial score (nSPS) is 17.7. The van der Waals surface area contributed by atoms with Crippen LogP contribution in [-0.4, -0.2) is 36.4 Å². The molecule has 0 aliphatic carbocycles. The van der Waals surface area contributed by atoms with Crippen LogP contribution in [0.1, 0.15) is 26.3 Å². The standard InChI is InChI=1S/C15H23NO2/c1-15(2,3)16-9-14(10-16)18-12-17-11-13-7-5-4-6-8-13/h4-8,14H,9-12H2,1-3H3. The molecular weight excluding hydrogens is 226 g/mol. The predicted molar refractivity (Wildman–Crippen MR) is 72.3 cm³/mol. The predicted octanol–water partition coefficient (Wildman–Crippen LogP) is 2.66. The van der Waals surface area contributed by atoms with Crippen LogP contribution in [0, 0.1) is 0 Å². The second-order valence-corrected chi connectivity index (χ2v) is 5.82. The summed E-state index contributed by atoms with van der Waals surface area (Å²) in [6.07, 6.45) is 0.333. The Labute approximate surface area is 110 Å². The van der Waals surface area contributed by atoms with E-state index >= 15 is 0 Å². The van der Waals surface area contributed by atoms with Crippen LogP contribution >= 0.6 is 0 Å². The lowest BCUT2D eigenvalue weighted by Gasteiger charge is -2.47. The molecule has 0 radical (unpaired) electrons. The number of rotatable bonds is 5. The summed E-state index contributed by atoms with van der Waals surface area (Å²) in [5.74, 6) is 0. The SMILES string of the molecule is CC(C)(C)N1CC(OCOCc2ccccc2)C1. The highest BCUT2D eigenvalue weighted by Crippen LogP contribution is 2.22. The molecule has 0 saturated carbocycles. The highest BCUT2D eigenvalue weighted by atomic mass is 16.7. The highest BCUT2D eigenvalue weighted by molar-refractivity contribution is 5.13. The van der Waals surface area contributed by atoms with E-state index in [-0.39, 0.29) is 5.54 Å². The van der Waals surface area contributed by atoms with Crippen molar-refractivity contribution >= 4 is 0 Å². The Balaban J connectivity index is 1.56. The molecule has 100 valence electrons. The Morgan fingerprint density at radius 1 is 1.17 bits per heavy atom. The fourth-order valence-corrected chi connectivity index (χ4v) is 1.97. The van der Waals surface area contributed by atoms with Gasteiger partial charge in [0.15, 0.2) is 0 Å². The molecule has 0 bridgehead atoms. The van der Waals surface area contributed by atoms with Crippen molar-refractivity contribution in [2.75, 3.05) is 19.9 Å². The van der Waals surface area contributed by atoms with Crippen LogP contribution in [-0.2, 0) is 16.1 Å². The lowest BCUT2D eigenvalue weighted by molar-refractivity contribution is -0.154. The molecule has 1 aliphatic rings. The molecule has 1 saturated heterocycles. The highest BCUT2D eigenvalue weighted by Gasteiger charge is 2.34. The Bertz CT molecular complexity index is 353. The number of ether oxygens (including phenoxy) is 2. The van der Waals surface area contributed by atoms with E-state index in [0.29, 0.717) is 19.5 Å². The Morgan fingerprint density at radius 3 is 2.44 bits per heavy atom. The first-order valence-corrected chi connectivity index (χ1v) is 6.54. The summed E-state index contributed by atoms with van der Waals surface area (Å²) in [7, 11) is 0. The summed E-state index contributed by atoms with van der Waals surface area (Å²) in [6.45, 7) is 9.73. The van der Waals surface area contributed by atoms with Crippen molar-refractivity contribution < 1.29 is 9.47 Å². The Kier molecular flexibility index (Phi) is 4.38. The third-order valence-electron chi connectivity index (χ3n) is 3.30. The molecule has 1 fully saturated rings. The summed E-state index contributed by atoms with van der Waals surface area (Å²) >= 11 is 0. The third kappa shape index (κ3) is 3.80. The van der Waals surface area contributed by atoms with Gasteiger partial charge in [-0.3, -0.25) is 4.90 Å². The van der Waals surface area contributed by atoms with E-state index in [2.05, 4.69) is 37.8 Å². The van der Waals surface area contributed by atoms with Gasteiger partial charge in [-0.1, -0.05) is 30.3 Å². The van der Waals surface area contributed by atoms with Crippen molar-refractivity contribution in [3.63, 3.8) is 0 Å². The maximum Gasteiger partial charge on any atom is 0.147 e. The molecule has 3 nitrogen and oxygen atoms in total. The van der Waals surface area contributed by atoms with Crippen LogP contribution < -0.4 is 0 Å². The zero-order valence-corrected chi connectivity index (χ0v) is 11.6. The van der Waals surface area contributed by atoms with Gasteiger partial charge in [0.25, 0.3) is 0 Å². The molecular formula is C15H23NO2. The molecule has 1 heterocycles. The first-order valence-electron chi connectivity index (χ1n) is 6.54. The minimum atomic E-state index is 0.255. The number of nitrogens with zero attached hydrogens (tertiary/aromatic N) is 1. The van der Waals surface area contributed by atoms with Crippen molar-refractivity contribution in [2.24, 2.45) is 0 Å². The second-order valence-electron chi connectivity index (χ2n) is 5.82. The van der Waals surface area contributed by atoms with Crippen LogP contribution in [0.3, 0.4) is 0 Å². The summed E-state index contributed by atoms with van der Waals surface area (Å²) in [5.41, 5.74) is 1.44. The summed E-state index contributed by atoms with van der Waals surface area (Å²) in [4.78, 5) is 2.41. The van der Waals surface area contributed by atoms with Crippen LogP contribution in [0.2, 0.25) is 0 Å². The molecule has 3 heteroatoms. The summed E-state index contributed by atoms with van der Waals surface area (Å²) in [5, 5.41) is 0.